The molecule has 1 N–H and O–H groups in total. The lowest BCUT2D eigenvalue weighted by Crippen LogP contribution is -2.01. The Labute approximate surface area is 82.0 Å². The Kier molecular flexibility index (Phi) is 3.99. The monoisotopic (exact) mass is 196 g/mol. The zero-order valence-electron chi connectivity index (χ0n) is 7.43. The van der Waals surface area contributed by atoms with Gasteiger partial charge in [0.05, 0.1) is 6.10 Å². The van der Waals surface area contributed by atoms with Gasteiger partial charge in [-0.05, 0) is 5.56 Å². The van der Waals surface area contributed by atoms with Crippen molar-refractivity contribution in [2.75, 3.05) is 5.75 Å². The number of aliphatic hydroxyl groups excluding tert-OH is 1. The summed E-state index contributed by atoms with van der Waals surface area (Å²) >= 11 is 1.15. The maximum absolute atomic E-state index is 10.6. The highest BCUT2D eigenvalue weighted by molar-refractivity contribution is 8.13. The van der Waals surface area contributed by atoms with Gasteiger partial charge >= 0.3 is 0 Å². The first-order valence-electron chi connectivity index (χ1n) is 4.06. The maximum Gasteiger partial charge on any atom is 0.185 e. The number of benzene rings is 1. The molecule has 0 amide bonds. The number of hydrogen-bond acceptors (Lipinski definition) is 3. The van der Waals surface area contributed by atoms with Gasteiger partial charge in [-0.2, -0.15) is 0 Å². The van der Waals surface area contributed by atoms with Gasteiger partial charge in [-0.1, -0.05) is 42.1 Å². The number of rotatable bonds is 3. The van der Waals surface area contributed by atoms with Gasteiger partial charge in [0.1, 0.15) is 0 Å². The number of carbonyl (C=O) groups excluding carboxylic acids is 1. The van der Waals surface area contributed by atoms with E-state index in [1.165, 1.54) is 6.92 Å². The Morgan fingerprint density at radius 2 is 2.08 bits per heavy atom. The molecule has 0 unspecified atom stereocenters. The third kappa shape index (κ3) is 3.61. The molecule has 0 aromatic heterocycles. The van der Waals surface area contributed by atoms with Gasteiger partial charge in [-0.15, -0.1) is 0 Å². The maximum atomic E-state index is 10.6. The molecule has 1 aromatic rings. The predicted octanol–water partition coefficient (Wildman–Crippen LogP) is 2.00. The molecule has 0 fully saturated rings. The molecule has 0 bridgehead atoms. The van der Waals surface area contributed by atoms with Crippen LogP contribution in [0.25, 0.3) is 0 Å². The average Bonchev–Trinajstić information content (AvgIpc) is 2.15. The fourth-order valence-electron chi connectivity index (χ4n) is 0.968. The van der Waals surface area contributed by atoms with Crippen molar-refractivity contribution in [3.05, 3.63) is 35.9 Å². The van der Waals surface area contributed by atoms with Crippen LogP contribution in [0.3, 0.4) is 0 Å². The third-order valence-corrected chi connectivity index (χ3v) is 2.52. The Morgan fingerprint density at radius 1 is 1.46 bits per heavy atom. The van der Waals surface area contributed by atoms with Crippen molar-refractivity contribution in [1.29, 1.82) is 0 Å². The topological polar surface area (TPSA) is 37.3 Å². The predicted molar refractivity (Wildman–Crippen MR) is 54.5 cm³/mol. The zero-order chi connectivity index (χ0) is 9.68. The number of hydrogen-bond donors (Lipinski definition) is 1. The zero-order valence-corrected chi connectivity index (χ0v) is 8.25. The van der Waals surface area contributed by atoms with Gasteiger partial charge in [0.2, 0.25) is 0 Å². The highest BCUT2D eigenvalue weighted by atomic mass is 32.2. The minimum atomic E-state index is -0.546. The van der Waals surface area contributed by atoms with Crippen LogP contribution in [-0.2, 0) is 4.79 Å². The molecule has 2 nitrogen and oxygen atoms in total. The smallest absolute Gasteiger partial charge is 0.185 e. The molecule has 0 radical (unpaired) electrons. The molecular weight excluding hydrogens is 184 g/mol. The first kappa shape index (κ1) is 10.3. The highest BCUT2D eigenvalue weighted by Crippen LogP contribution is 2.17. The lowest BCUT2D eigenvalue weighted by molar-refractivity contribution is -0.109. The molecule has 1 rings (SSSR count). The van der Waals surface area contributed by atoms with Crippen LogP contribution in [0.5, 0.6) is 0 Å². The molecule has 0 saturated carbocycles. The van der Waals surface area contributed by atoms with Crippen LogP contribution in [0.1, 0.15) is 18.6 Å². The lowest BCUT2D eigenvalue weighted by Gasteiger charge is -2.08. The Bertz CT molecular complexity index is 272. The van der Waals surface area contributed by atoms with E-state index < -0.39 is 6.10 Å². The van der Waals surface area contributed by atoms with E-state index >= 15 is 0 Å². The first-order chi connectivity index (χ1) is 6.20. The van der Waals surface area contributed by atoms with Gasteiger partial charge in [-0.25, -0.2) is 0 Å². The minimum Gasteiger partial charge on any atom is -0.388 e. The van der Waals surface area contributed by atoms with Gasteiger partial charge in [0.25, 0.3) is 0 Å². The highest BCUT2D eigenvalue weighted by Gasteiger charge is 2.07. The van der Waals surface area contributed by atoms with Crippen molar-refractivity contribution in [3.63, 3.8) is 0 Å². The molecule has 0 aliphatic heterocycles. The standard InChI is InChI=1S/C10H12O2S/c1-8(11)13-7-10(12)9-5-3-2-4-6-9/h2-6,10,12H,7H2,1H3/t10-/m1/s1. The van der Waals surface area contributed by atoms with Crippen LogP contribution in [0.4, 0.5) is 0 Å². The summed E-state index contributed by atoms with van der Waals surface area (Å²) in [5.41, 5.74) is 0.858. The third-order valence-electron chi connectivity index (χ3n) is 1.63. The van der Waals surface area contributed by atoms with Crippen LogP contribution in [0, 0.1) is 0 Å². The second-order valence-electron chi connectivity index (χ2n) is 2.73. The molecule has 0 saturated heterocycles. The van der Waals surface area contributed by atoms with E-state index in [1.807, 2.05) is 30.3 Å². The molecule has 1 aromatic carbocycles. The molecule has 3 heteroatoms. The number of carbonyl (C=O) groups is 1. The molecule has 0 aliphatic carbocycles. The summed E-state index contributed by atoms with van der Waals surface area (Å²) in [5, 5.41) is 9.63. The summed E-state index contributed by atoms with van der Waals surface area (Å²) in [7, 11) is 0. The van der Waals surface area contributed by atoms with Crippen LogP contribution in [-0.4, -0.2) is 16.0 Å². The summed E-state index contributed by atoms with van der Waals surface area (Å²) in [6.45, 7) is 1.50. The summed E-state index contributed by atoms with van der Waals surface area (Å²) in [5.74, 6) is 0.430. The van der Waals surface area contributed by atoms with Gasteiger partial charge < -0.3 is 5.11 Å². The van der Waals surface area contributed by atoms with Crippen molar-refractivity contribution in [1.82, 2.24) is 0 Å². The molecule has 0 aliphatic rings. The second-order valence-corrected chi connectivity index (χ2v) is 3.93. The van der Waals surface area contributed by atoms with E-state index in [-0.39, 0.29) is 5.12 Å². The fraction of sp³-hybridized carbons (Fsp3) is 0.300. The largest absolute Gasteiger partial charge is 0.388 e. The molecular formula is C10H12O2S. The van der Waals surface area contributed by atoms with Crippen molar-refractivity contribution in [3.8, 4) is 0 Å². The lowest BCUT2D eigenvalue weighted by atomic mass is 10.1. The normalized spacial score (nSPS) is 12.5. The number of thioether (sulfide) groups is 1. The fourth-order valence-corrected chi connectivity index (χ4v) is 1.55. The summed E-state index contributed by atoms with van der Waals surface area (Å²) in [4.78, 5) is 10.6. The van der Waals surface area contributed by atoms with E-state index in [4.69, 9.17) is 0 Å². The molecule has 1 atom stereocenters. The van der Waals surface area contributed by atoms with Crippen molar-refractivity contribution < 1.29 is 9.90 Å². The minimum absolute atomic E-state index is 0.0370. The van der Waals surface area contributed by atoms with Crippen LogP contribution < -0.4 is 0 Å². The van der Waals surface area contributed by atoms with E-state index in [0.717, 1.165) is 17.3 Å². The molecule has 0 spiro atoms. The van der Waals surface area contributed by atoms with E-state index in [1.54, 1.807) is 0 Å². The van der Waals surface area contributed by atoms with Gasteiger partial charge in [0, 0.05) is 12.7 Å². The summed E-state index contributed by atoms with van der Waals surface area (Å²) in [6.07, 6.45) is -0.546. The van der Waals surface area contributed by atoms with E-state index in [9.17, 15) is 9.90 Å². The van der Waals surface area contributed by atoms with Gasteiger partial charge in [0.15, 0.2) is 5.12 Å². The quantitative estimate of drug-likeness (QED) is 0.803. The van der Waals surface area contributed by atoms with Crippen molar-refractivity contribution in [2.45, 2.75) is 13.0 Å². The second kappa shape index (κ2) is 5.04. The van der Waals surface area contributed by atoms with E-state index in [0.29, 0.717) is 5.75 Å². The van der Waals surface area contributed by atoms with E-state index in [2.05, 4.69) is 0 Å². The van der Waals surface area contributed by atoms with Gasteiger partial charge in [-0.3, -0.25) is 4.79 Å². The molecule has 70 valence electrons. The average molecular weight is 196 g/mol. The van der Waals surface area contributed by atoms with Crippen LogP contribution in [0.15, 0.2) is 30.3 Å². The number of aliphatic hydroxyl groups is 1. The van der Waals surface area contributed by atoms with Crippen molar-refractivity contribution in [2.24, 2.45) is 0 Å². The molecule has 0 heterocycles. The summed E-state index contributed by atoms with van der Waals surface area (Å²) in [6, 6.07) is 9.35. The van der Waals surface area contributed by atoms with Crippen molar-refractivity contribution >= 4 is 16.9 Å². The summed E-state index contributed by atoms with van der Waals surface area (Å²) < 4.78 is 0. The SMILES string of the molecule is CC(=O)SC[C@@H](O)c1ccccc1. The Balaban J connectivity index is 2.49. The Morgan fingerprint density at radius 3 is 2.62 bits per heavy atom. The van der Waals surface area contributed by atoms with Crippen LogP contribution >= 0.6 is 11.8 Å². The first-order valence-corrected chi connectivity index (χ1v) is 5.05. The Hall–Kier alpha value is -0.800. The van der Waals surface area contributed by atoms with Crippen LogP contribution in [0.2, 0.25) is 0 Å². The molecule has 13 heavy (non-hydrogen) atoms.